The third-order valence-electron chi connectivity index (χ3n) is 6.61. The molecule has 1 unspecified atom stereocenters. The van der Waals surface area contributed by atoms with Crippen molar-refractivity contribution in [3.8, 4) is 0 Å². The summed E-state index contributed by atoms with van der Waals surface area (Å²) in [5, 5.41) is 5.71. The van der Waals surface area contributed by atoms with Gasteiger partial charge in [-0.1, -0.05) is 42.5 Å². The average molecular weight is 493 g/mol. The van der Waals surface area contributed by atoms with Crippen molar-refractivity contribution in [1.82, 2.24) is 21.0 Å². The zero-order valence-corrected chi connectivity index (χ0v) is 20.2. The normalized spacial score (nSPS) is 18.6. The van der Waals surface area contributed by atoms with Gasteiger partial charge >= 0.3 is 5.97 Å². The highest BCUT2D eigenvalue weighted by Crippen LogP contribution is 2.25. The first-order chi connectivity index (χ1) is 17.5. The summed E-state index contributed by atoms with van der Waals surface area (Å²) in [4.78, 5) is 55.2. The predicted octanol–water partition coefficient (Wildman–Crippen LogP) is 2.04. The Hall–Kier alpha value is -3.56. The molecule has 9 heteroatoms. The molecule has 2 heterocycles. The zero-order valence-electron chi connectivity index (χ0n) is 20.2. The smallest absolute Gasteiger partial charge is 0.356 e. The van der Waals surface area contributed by atoms with Crippen molar-refractivity contribution >= 4 is 23.7 Å². The fourth-order valence-corrected chi connectivity index (χ4v) is 4.53. The minimum absolute atomic E-state index is 0.0245. The Labute approximate surface area is 210 Å². The van der Waals surface area contributed by atoms with Crippen LogP contribution in [0.25, 0.3) is 0 Å². The van der Waals surface area contributed by atoms with Crippen LogP contribution in [0.3, 0.4) is 0 Å². The minimum Gasteiger partial charge on any atom is -0.366 e. The van der Waals surface area contributed by atoms with Gasteiger partial charge in [0.2, 0.25) is 17.7 Å². The van der Waals surface area contributed by atoms with Crippen molar-refractivity contribution in [3.63, 3.8) is 0 Å². The molecule has 2 aliphatic heterocycles. The molecule has 1 atom stereocenters. The van der Waals surface area contributed by atoms with Crippen molar-refractivity contribution in [3.05, 3.63) is 71.3 Å². The lowest BCUT2D eigenvalue weighted by atomic mass is 9.89. The molecular weight excluding hydrogens is 460 g/mol. The van der Waals surface area contributed by atoms with E-state index in [2.05, 4.69) is 16.1 Å². The lowest BCUT2D eigenvalue weighted by Gasteiger charge is -2.32. The number of nitrogens with one attached hydrogen (secondary N) is 3. The second-order valence-electron chi connectivity index (χ2n) is 9.20. The number of nitrogens with zero attached hydrogens (tertiary/aromatic N) is 1. The van der Waals surface area contributed by atoms with Crippen molar-refractivity contribution < 1.29 is 24.0 Å². The summed E-state index contributed by atoms with van der Waals surface area (Å²) in [5.74, 6) is -1.08. The molecule has 2 saturated heterocycles. The Morgan fingerprint density at radius 1 is 1.00 bits per heavy atom. The van der Waals surface area contributed by atoms with Gasteiger partial charge in [0.25, 0.3) is 0 Å². The van der Waals surface area contributed by atoms with Crippen LogP contribution < -0.4 is 16.1 Å². The van der Waals surface area contributed by atoms with Crippen molar-refractivity contribution in [2.24, 2.45) is 0 Å². The Kier molecular flexibility index (Phi) is 8.80. The Balaban J connectivity index is 1.13. The van der Waals surface area contributed by atoms with Crippen LogP contribution in [-0.4, -0.2) is 54.3 Å². The number of amides is 3. The largest absolute Gasteiger partial charge is 0.366 e. The second kappa shape index (κ2) is 12.4. The lowest BCUT2D eigenvalue weighted by molar-refractivity contribution is -0.134. The van der Waals surface area contributed by atoms with Crippen molar-refractivity contribution in [2.75, 3.05) is 19.6 Å². The zero-order chi connectivity index (χ0) is 25.3. The standard InChI is InChI=1S/C27H32N4O5/c32-24-10-9-23(26(34)29-24)21-8-4-5-19(17-21)18-28-14-11-25(33)31-15-12-22(13-16-31)30-36-27(35)20-6-2-1-3-7-20/h1-8,17,22-23,28,30H,9-16,18H2,(H,29,32,34). The molecule has 2 aliphatic rings. The molecule has 2 fully saturated rings. The number of imide groups is 1. The summed E-state index contributed by atoms with van der Waals surface area (Å²) < 4.78 is 0. The molecule has 0 bridgehead atoms. The van der Waals surface area contributed by atoms with Crippen LogP contribution in [0.2, 0.25) is 0 Å². The molecule has 0 saturated carbocycles. The van der Waals surface area contributed by atoms with Gasteiger partial charge in [0.05, 0.1) is 11.5 Å². The van der Waals surface area contributed by atoms with Gasteiger partial charge in [0.15, 0.2) is 0 Å². The van der Waals surface area contributed by atoms with Crippen LogP contribution >= 0.6 is 0 Å². The molecule has 0 spiro atoms. The van der Waals surface area contributed by atoms with E-state index in [1.165, 1.54) is 0 Å². The van der Waals surface area contributed by atoms with Crippen LogP contribution in [0.5, 0.6) is 0 Å². The van der Waals surface area contributed by atoms with Crippen LogP contribution in [0.4, 0.5) is 0 Å². The number of hydrogen-bond acceptors (Lipinski definition) is 7. The molecule has 3 N–H and O–H groups in total. The maximum Gasteiger partial charge on any atom is 0.356 e. The van der Waals surface area contributed by atoms with Crippen LogP contribution in [0, 0.1) is 0 Å². The third-order valence-corrected chi connectivity index (χ3v) is 6.61. The Morgan fingerprint density at radius 2 is 1.78 bits per heavy atom. The minimum atomic E-state index is -0.414. The SMILES string of the molecule is O=C1CCC(c2cccc(CNCCC(=O)N3CCC(NOC(=O)c4ccccc4)CC3)c2)C(=O)N1. The van der Waals surface area contributed by atoms with E-state index in [9.17, 15) is 19.2 Å². The van der Waals surface area contributed by atoms with Gasteiger partial charge in [-0.25, -0.2) is 4.79 Å². The monoisotopic (exact) mass is 492 g/mol. The molecule has 4 rings (SSSR count). The fraction of sp³-hybridized carbons (Fsp3) is 0.407. The van der Waals surface area contributed by atoms with Gasteiger partial charge in [0.1, 0.15) is 0 Å². The van der Waals surface area contributed by atoms with E-state index in [0.717, 1.165) is 11.1 Å². The molecule has 2 aromatic rings. The summed E-state index contributed by atoms with van der Waals surface area (Å²) >= 11 is 0. The molecule has 36 heavy (non-hydrogen) atoms. The van der Waals surface area contributed by atoms with E-state index in [4.69, 9.17) is 4.84 Å². The van der Waals surface area contributed by atoms with E-state index in [1.807, 2.05) is 35.2 Å². The first kappa shape index (κ1) is 25.5. The first-order valence-electron chi connectivity index (χ1n) is 12.4. The molecule has 0 aliphatic carbocycles. The summed E-state index contributed by atoms with van der Waals surface area (Å²) in [6, 6.07) is 16.6. The Bertz CT molecular complexity index is 1080. The molecule has 2 aromatic carbocycles. The van der Waals surface area contributed by atoms with E-state index >= 15 is 0 Å². The van der Waals surface area contributed by atoms with Gasteiger partial charge in [-0.3, -0.25) is 19.7 Å². The molecule has 0 radical (unpaired) electrons. The quantitative estimate of drug-likeness (QED) is 0.279. The van der Waals surface area contributed by atoms with Gasteiger partial charge < -0.3 is 15.1 Å². The van der Waals surface area contributed by atoms with Gasteiger partial charge in [-0.05, 0) is 42.5 Å². The number of piperidine rings is 2. The lowest BCUT2D eigenvalue weighted by Crippen LogP contribution is -2.45. The first-order valence-corrected chi connectivity index (χ1v) is 12.4. The summed E-state index contributed by atoms with van der Waals surface area (Å²) in [7, 11) is 0. The maximum atomic E-state index is 12.6. The van der Waals surface area contributed by atoms with Crippen molar-refractivity contribution in [1.29, 1.82) is 0 Å². The Morgan fingerprint density at radius 3 is 2.53 bits per heavy atom. The van der Waals surface area contributed by atoms with Crippen molar-refractivity contribution in [2.45, 2.75) is 50.6 Å². The second-order valence-corrected chi connectivity index (χ2v) is 9.20. The number of carbonyl (C=O) groups excluding carboxylic acids is 4. The topological polar surface area (TPSA) is 117 Å². The molecule has 0 aromatic heterocycles. The summed E-state index contributed by atoms with van der Waals surface area (Å²) in [5.41, 5.74) is 5.27. The number of benzene rings is 2. The van der Waals surface area contributed by atoms with Gasteiger partial charge in [-0.15, -0.1) is 5.48 Å². The van der Waals surface area contributed by atoms with Gasteiger partial charge in [-0.2, -0.15) is 0 Å². The number of rotatable bonds is 9. The highest BCUT2D eigenvalue weighted by atomic mass is 16.7. The van der Waals surface area contributed by atoms with Gasteiger partial charge in [0, 0.05) is 45.1 Å². The van der Waals surface area contributed by atoms with Crippen LogP contribution in [0.15, 0.2) is 54.6 Å². The highest BCUT2D eigenvalue weighted by Gasteiger charge is 2.28. The predicted molar refractivity (Wildman–Crippen MR) is 132 cm³/mol. The maximum absolute atomic E-state index is 12.6. The number of likely N-dealkylation sites (tertiary alicyclic amines) is 1. The number of hydrogen-bond donors (Lipinski definition) is 3. The average Bonchev–Trinajstić information content (AvgIpc) is 2.90. The van der Waals surface area contributed by atoms with E-state index in [-0.39, 0.29) is 29.7 Å². The molecule has 3 amide bonds. The summed E-state index contributed by atoms with van der Waals surface area (Å²) in [6.07, 6.45) is 2.71. The van der Waals surface area contributed by atoms with E-state index in [1.54, 1.807) is 24.3 Å². The third kappa shape index (κ3) is 6.99. The van der Waals surface area contributed by atoms with Crippen LogP contribution in [-0.2, 0) is 25.8 Å². The van der Waals surface area contributed by atoms with E-state index < -0.39 is 5.97 Å². The van der Waals surface area contributed by atoms with Crippen LogP contribution in [0.1, 0.15) is 59.5 Å². The molecule has 190 valence electrons. The highest BCUT2D eigenvalue weighted by molar-refractivity contribution is 6.00. The number of hydroxylamine groups is 1. The fourth-order valence-electron chi connectivity index (χ4n) is 4.53. The van der Waals surface area contributed by atoms with E-state index in [0.29, 0.717) is 63.8 Å². The molecular formula is C27H32N4O5. The number of carbonyl (C=O) groups is 4. The summed E-state index contributed by atoms with van der Waals surface area (Å²) in [6.45, 7) is 2.38. The molecule has 9 nitrogen and oxygen atoms in total.